The Morgan fingerprint density at radius 3 is 2.62 bits per heavy atom. The number of pyridine rings is 1. The molecule has 1 N–H and O–H groups in total. The normalized spacial score (nSPS) is 12.4. The topological polar surface area (TPSA) is 34.1 Å². The summed E-state index contributed by atoms with van der Waals surface area (Å²) in [6.07, 6.45) is 3.89. The van der Waals surface area contributed by atoms with Gasteiger partial charge in [-0.05, 0) is 31.5 Å². The van der Waals surface area contributed by atoms with Gasteiger partial charge in [0.1, 0.15) is 5.75 Å². The second-order valence-corrected chi connectivity index (χ2v) is 3.79. The molecular formula is C13H22N2O. The van der Waals surface area contributed by atoms with E-state index in [2.05, 4.69) is 31.1 Å². The largest absolute Gasteiger partial charge is 0.492 e. The Kier molecular flexibility index (Phi) is 5.86. The van der Waals surface area contributed by atoms with Gasteiger partial charge in [0.15, 0.2) is 0 Å². The van der Waals surface area contributed by atoms with Crippen LogP contribution in [0.25, 0.3) is 0 Å². The molecule has 1 heterocycles. The van der Waals surface area contributed by atoms with E-state index in [1.54, 1.807) is 0 Å². The van der Waals surface area contributed by atoms with Crippen LogP contribution in [0.2, 0.25) is 0 Å². The quantitative estimate of drug-likeness (QED) is 0.770. The zero-order valence-electron chi connectivity index (χ0n) is 10.5. The molecule has 1 rings (SSSR count). The van der Waals surface area contributed by atoms with Crippen LogP contribution in [0.3, 0.4) is 0 Å². The van der Waals surface area contributed by atoms with Crippen molar-refractivity contribution >= 4 is 0 Å². The van der Waals surface area contributed by atoms with E-state index in [0.29, 0.717) is 6.04 Å². The van der Waals surface area contributed by atoms with E-state index in [4.69, 9.17) is 4.74 Å². The van der Waals surface area contributed by atoms with E-state index in [0.717, 1.165) is 37.4 Å². The highest BCUT2D eigenvalue weighted by Crippen LogP contribution is 2.17. The molecule has 0 saturated heterocycles. The van der Waals surface area contributed by atoms with E-state index in [1.807, 2.05) is 18.3 Å². The van der Waals surface area contributed by atoms with Crippen LogP contribution in [0, 0.1) is 0 Å². The lowest BCUT2D eigenvalue weighted by molar-refractivity contribution is 0.315. The van der Waals surface area contributed by atoms with E-state index in [-0.39, 0.29) is 0 Å². The third kappa shape index (κ3) is 3.81. The number of aromatic nitrogens is 1. The molecule has 3 nitrogen and oxygen atoms in total. The monoisotopic (exact) mass is 222 g/mol. The van der Waals surface area contributed by atoms with Crippen molar-refractivity contribution in [1.82, 2.24) is 10.3 Å². The molecule has 0 aliphatic rings. The third-order valence-electron chi connectivity index (χ3n) is 2.45. The number of ether oxygens (including phenoxy) is 1. The fourth-order valence-electron chi connectivity index (χ4n) is 1.61. The molecule has 1 unspecified atom stereocenters. The molecular weight excluding hydrogens is 200 g/mol. The summed E-state index contributed by atoms with van der Waals surface area (Å²) in [7, 11) is 0. The maximum absolute atomic E-state index is 5.50. The van der Waals surface area contributed by atoms with Gasteiger partial charge in [0.2, 0.25) is 0 Å². The van der Waals surface area contributed by atoms with Gasteiger partial charge >= 0.3 is 0 Å². The lowest BCUT2D eigenvalue weighted by Gasteiger charge is -2.15. The fraction of sp³-hybridized carbons (Fsp3) is 0.615. The van der Waals surface area contributed by atoms with Gasteiger partial charge < -0.3 is 10.1 Å². The van der Waals surface area contributed by atoms with Crippen LogP contribution in [0.15, 0.2) is 18.3 Å². The van der Waals surface area contributed by atoms with Crippen molar-refractivity contribution in [2.24, 2.45) is 0 Å². The molecule has 0 radical (unpaired) electrons. The maximum atomic E-state index is 5.50. The molecule has 0 aliphatic heterocycles. The minimum Gasteiger partial charge on any atom is -0.492 e. The Hall–Kier alpha value is -1.09. The van der Waals surface area contributed by atoms with Crippen LogP contribution in [0.1, 0.15) is 45.3 Å². The van der Waals surface area contributed by atoms with Gasteiger partial charge in [-0.1, -0.05) is 20.8 Å². The second-order valence-electron chi connectivity index (χ2n) is 3.79. The first-order valence-corrected chi connectivity index (χ1v) is 6.13. The van der Waals surface area contributed by atoms with Crippen LogP contribution in [-0.2, 0) is 0 Å². The molecule has 1 atom stereocenters. The van der Waals surface area contributed by atoms with E-state index < -0.39 is 0 Å². The van der Waals surface area contributed by atoms with E-state index in [1.165, 1.54) is 0 Å². The lowest BCUT2D eigenvalue weighted by Crippen LogP contribution is -2.20. The van der Waals surface area contributed by atoms with E-state index in [9.17, 15) is 0 Å². The van der Waals surface area contributed by atoms with Crippen LogP contribution in [0.4, 0.5) is 0 Å². The van der Waals surface area contributed by atoms with Gasteiger partial charge in [0.05, 0.1) is 18.5 Å². The molecule has 0 amide bonds. The number of nitrogens with zero attached hydrogens (tertiary/aromatic N) is 1. The fourth-order valence-corrected chi connectivity index (χ4v) is 1.61. The summed E-state index contributed by atoms with van der Waals surface area (Å²) in [5.74, 6) is 0.858. The average Bonchev–Trinajstić information content (AvgIpc) is 2.34. The molecule has 0 spiro atoms. The summed E-state index contributed by atoms with van der Waals surface area (Å²) in [4.78, 5) is 4.43. The minimum atomic E-state index is 0.352. The molecule has 90 valence electrons. The van der Waals surface area contributed by atoms with Gasteiger partial charge in [-0.3, -0.25) is 4.98 Å². The first-order valence-electron chi connectivity index (χ1n) is 6.13. The zero-order chi connectivity index (χ0) is 11.8. The highest BCUT2D eigenvalue weighted by molar-refractivity contribution is 5.21. The Morgan fingerprint density at radius 1 is 1.31 bits per heavy atom. The molecule has 0 saturated carbocycles. The lowest BCUT2D eigenvalue weighted by atomic mass is 10.1. The SMILES string of the molecule is CCCOc1ccc(C(CC)NCC)nc1. The average molecular weight is 222 g/mol. The second kappa shape index (κ2) is 7.23. The molecule has 1 aromatic heterocycles. The van der Waals surface area contributed by atoms with E-state index >= 15 is 0 Å². The van der Waals surface area contributed by atoms with Gasteiger partial charge in [-0.15, -0.1) is 0 Å². The first-order chi connectivity index (χ1) is 7.81. The Bertz CT molecular complexity index is 284. The Morgan fingerprint density at radius 2 is 2.12 bits per heavy atom. The van der Waals surface area contributed by atoms with Crippen LogP contribution in [-0.4, -0.2) is 18.1 Å². The molecule has 0 aromatic carbocycles. The first kappa shape index (κ1) is 13.0. The number of nitrogens with one attached hydrogen (secondary N) is 1. The molecule has 16 heavy (non-hydrogen) atoms. The van der Waals surface area contributed by atoms with Crippen molar-refractivity contribution in [2.45, 2.75) is 39.7 Å². The van der Waals surface area contributed by atoms with Gasteiger partial charge in [0, 0.05) is 6.04 Å². The van der Waals surface area contributed by atoms with Crippen molar-refractivity contribution in [1.29, 1.82) is 0 Å². The number of hydrogen-bond acceptors (Lipinski definition) is 3. The van der Waals surface area contributed by atoms with Crippen molar-refractivity contribution in [2.75, 3.05) is 13.2 Å². The highest BCUT2D eigenvalue weighted by Gasteiger charge is 2.08. The molecule has 0 fully saturated rings. The van der Waals surface area contributed by atoms with Gasteiger partial charge in [0.25, 0.3) is 0 Å². The predicted molar refractivity (Wildman–Crippen MR) is 66.7 cm³/mol. The summed E-state index contributed by atoms with van der Waals surface area (Å²) >= 11 is 0. The predicted octanol–water partition coefficient (Wildman–Crippen LogP) is 2.93. The third-order valence-corrected chi connectivity index (χ3v) is 2.45. The molecule has 3 heteroatoms. The van der Waals surface area contributed by atoms with Crippen molar-refractivity contribution in [3.63, 3.8) is 0 Å². The smallest absolute Gasteiger partial charge is 0.137 e. The van der Waals surface area contributed by atoms with Crippen LogP contribution < -0.4 is 10.1 Å². The van der Waals surface area contributed by atoms with Crippen LogP contribution >= 0.6 is 0 Å². The Labute approximate surface area is 98.2 Å². The van der Waals surface area contributed by atoms with Crippen LogP contribution in [0.5, 0.6) is 5.75 Å². The highest BCUT2D eigenvalue weighted by atomic mass is 16.5. The minimum absolute atomic E-state index is 0.352. The summed E-state index contributed by atoms with van der Waals surface area (Å²) in [6.45, 7) is 8.09. The van der Waals surface area contributed by atoms with Gasteiger partial charge in [-0.25, -0.2) is 0 Å². The molecule has 0 bridgehead atoms. The standard InChI is InChI=1S/C13H22N2O/c1-4-9-16-11-7-8-13(15-10-11)12(5-2)14-6-3/h7-8,10,12,14H,4-6,9H2,1-3H3. The summed E-state index contributed by atoms with van der Waals surface area (Å²) in [5.41, 5.74) is 1.09. The maximum Gasteiger partial charge on any atom is 0.137 e. The Balaban J connectivity index is 2.61. The van der Waals surface area contributed by atoms with Crippen molar-refractivity contribution < 1.29 is 4.74 Å². The summed E-state index contributed by atoms with van der Waals surface area (Å²) in [5, 5.41) is 3.41. The number of hydrogen-bond donors (Lipinski definition) is 1. The summed E-state index contributed by atoms with van der Waals surface area (Å²) < 4.78 is 5.50. The van der Waals surface area contributed by atoms with Crippen molar-refractivity contribution in [3.8, 4) is 5.75 Å². The zero-order valence-corrected chi connectivity index (χ0v) is 10.5. The number of rotatable bonds is 7. The van der Waals surface area contributed by atoms with Gasteiger partial charge in [-0.2, -0.15) is 0 Å². The summed E-state index contributed by atoms with van der Waals surface area (Å²) in [6, 6.07) is 4.39. The molecule has 1 aromatic rings. The van der Waals surface area contributed by atoms with Crippen molar-refractivity contribution in [3.05, 3.63) is 24.0 Å². The molecule has 0 aliphatic carbocycles.